The van der Waals surface area contributed by atoms with Crippen LogP contribution in [-0.4, -0.2) is 29.9 Å². The number of hydrogen-bond acceptors (Lipinski definition) is 3. The second-order valence-corrected chi connectivity index (χ2v) is 5.98. The maximum atomic E-state index is 11.6. The van der Waals surface area contributed by atoms with E-state index in [0.29, 0.717) is 16.5 Å². The molecule has 0 saturated carbocycles. The minimum Gasteiger partial charge on any atom is -0.348 e. The molecule has 2 aromatic rings. The number of carbonyl (C=O) groups is 1. The summed E-state index contributed by atoms with van der Waals surface area (Å²) >= 11 is 13.3. The quantitative estimate of drug-likeness (QED) is 0.864. The first-order chi connectivity index (χ1) is 8.97. The largest absolute Gasteiger partial charge is 0.348 e. The molecule has 3 nitrogen and oxygen atoms in total. The highest BCUT2D eigenvalue weighted by Crippen LogP contribution is 2.29. The van der Waals surface area contributed by atoms with Crippen LogP contribution in [0.3, 0.4) is 0 Å². The van der Waals surface area contributed by atoms with Crippen LogP contribution >= 0.6 is 34.5 Å². The molecular weight excluding hydrogens is 303 g/mol. The maximum absolute atomic E-state index is 11.6. The third-order valence-corrected chi connectivity index (χ3v) is 4.16. The number of carbonyl (C=O) groups excluding carboxylic acids is 1. The number of hydrogen-bond donors (Lipinski definition) is 0. The first-order valence-corrected chi connectivity index (χ1v) is 7.21. The monoisotopic (exact) mass is 314 g/mol. The van der Waals surface area contributed by atoms with E-state index in [-0.39, 0.29) is 5.91 Å². The van der Waals surface area contributed by atoms with Gasteiger partial charge < -0.3 is 4.90 Å². The van der Waals surface area contributed by atoms with Gasteiger partial charge in [0.05, 0.1) is 22.2 Å². The van der Waals surface area contributed by atoms with Gasteiger partial charge in [0.15, 0.2) is 0 Å². The Kier molecular flexibility index (Phi) is 4.45. The second-order valence-electron chi connectivity index (χ2n) is 4.22. The first kappa shape index (κ1) is 14.3. The molecule has 1 aromatic heterocycles. The summed E-state index contributed by atoms with van der Waals surface area (Å²) in [6.07, 6.45) is 0.318. The minimum absolute atomic E-state index is 0.0371. The van der Waals surface area contributed by atoms with Gasteiger partial charge in [-0.25, -0.2) is 4.98 Å². The summed E-state index contributed by atoms with van der Waals surface area (Å²) in [4.78, 5) is 17.6. The Morgan fingerprint density at radius 1 is 1.32 bits per heavy atom. The van der Waals surface area contributed by atoms with E-state index in [1.165, 1.54) is 11.3 Å². The van der Waals surface area contributed by atoms with Crippen LogP contribution < -0.4 is 0 Å². The Balaban J connectivity index is 2.21. The second kappa shape index (κ2) is 5.90. The van der Waals surface area contributed by atoms with E-state index >= 15 is 0 Å². The topological polar surface area (TPSA) is 33.2 Å². The number of nitrogens with zero attached hydrogens (tertiary/aromatic N) is 2. The molecular formula is C13H12Cl2N2OS. The molecule has 19 heavy (non-hydrogen) atoms. The van der Waals surface area contributed by atoms with Crippen LogP contribution in [0.1, 0.15) is 5.01 Å². The SMILES string of the molecule is CN(C)C(=O)Cc1nc(-c2ccc(Cl)c(Cl)c2)cs1. The number of thiazole rings is 1. The van der Waals surface area contributed by atoms with Crippen molar-refractivity contribution in [3.8, 4) is 11.3 Å². The van der Waals surface area contributed by atoms with Crippen molar-refractivity contribution in [1.29, 1.82) is 0 Å². The normalized spacial score (nSPS) is 10.5. The van der Waals surface area contributed by atoms with Crippen LogP contribution in [0.2, 0.25) is 10.0 Å². The van der Waals surface area contributed by atoms with Gasteiger partial charge >= 0.3 is 0 Å². The molecule has 1 heterocycles. The summed E-state index contributed by atoms with van der Waals surface area (Å²) in [6.45, 7) is 0. The van der Waals surface area contributed by atoms with Gasteiger partial charge in [0, 0.05) is 25.0 Å². The highest BCUT2D eigenvalue weighted by molar-refractivity contribution is 7.10. The van der Waals surface area contributed by atoms with Gasteiger partial charge in [-0.1, -0.05) is 29.3 Å². The predicted octanol–water partition coefficient (Wildman–Crippen LogP) is 3.75. The van der Waals surface area contributed by atoms with Crippen LogP contribution in [0.15, 0.2) is 23.6 Å². The van der Waals surface area contributed by atoms with Crippen molar-refractivity contribution in [3.05, 3.63) is 38.6 Å². The van der Waals surface area contributed by atoms with Gasteiger partial charge in [0.2, 0.25) is 5.91 Å². The molecule has 0 atom stereocenters. The Labute approximate surface area is 125 Å². The number of aromatic nitrogens is 1. The van der Waals surface area contributed by atoms with Gasteiger partial charge in [-0.2, -0.15) is 0 Å². The number of rotatable bonds is 3. The fourth-order valence-electron chi connectivity index (χ4n) is 1.47. The van der Waals surface area contributed by atoms with E-state index in [0.717, 1.165) is 16.3 Å². The van der Waals surface area contributed by atoms with Crippen molar-refractivity contribution in [1.82, 2.24) is 9.88 Å². The van der Waals surface area contributed by atoms with Crippen molar-refractivity contribution in [2.24, 2.45) is 0 Å². The Hall–Kier alpha value is -1.10. The maximum Gasteiger partial charge on any atom is 0.228 e. The van der Waals surface area contributed by atoms with Crippen LogP contribution in [0, 0.1) is 0 Å². The molecule has 0 unspecified atom stereocenters. The minimum atomic E-state index is 0.0371. The molecule has 2 rings (SSSR count). The average Bonchev–Trinajstić information content (AvgIpc) is 2.81. The highest BCUT2D eigenvalue weighted by Gasteiger charge is 2.11. The van der Waals surface area contributed by atoms with Crippen molar-refractivity contribution in [2.75, 3.05) is 14.1 Å². The fourth-order valence-corrected chi connectivity index (χ4v) is 2.56. The van der Waals surface area contributed by atoms with E-state index in [1.54, 1.807) is 31.1 Å². The van der Waals surface area contributed by atoms with Crippen molar-refractivity contribution in [2.45, 2.75) is 6.42 Å². The van der Waals surface area contributed by atoms with E-state index in [9.17, 15) is 4.79 Å². The lowest BCUT2D eigenvalue weighted by molar-refractivity contribution is -0.127. The molecule has 0 spiro atoms. The summed E-state index contributed by atoms with van der Waals surface area (Å²) < 4.78 is 0. The third kappa shape index (κ3) is 3.47. The van der Waals surface area contributed by atoms with Crippen LogP contribution in [0.4, 0.5) is 0 Å². The molecule has 0 bridgehead atoms. The van der Waals surface area contributed by atoms with Crippen LogP contribution in [-0.2, 0) is 11.2 Å². The van der Waals surface area contributed by atoms with Gasteiger partial charge in [-0.15, -0.1) is 11.3 Å². The molecule has 0 saturated heterocycles. The van der Waals surface area contributed by atoms with Crippen LogP contribution in [0.25, 0.3) is 11.3 Å². The van der Waals surface area contributed by atoms with Crippen LogP contribution in [0.5, 0.6) is 0 Å². The fraction of sp³-hybridized carbons (Fsp3) is 0.231. The zero-order valence-corrected chi connectivity index (χ0v) is 12.8. The molecule has 0 aliphatic carbocycles. The molecule has 1 aromatic carbocycles. The molecule has 0 radical (unpaired) electrons. The molecule has 1 amide bonds. The number of amides is 1. The molecule has 0 aliphatic heterocycles. The molecule has 6 heteroatoms. The Morgan fingerprint density at radius 2 is 2.05 bits per heavy atom. The number of likely N-dealkylation sites (N-methyl/N-ethyl adjacent to an activating group) is 1. The van der Waals surface area contributed by atoms with Gasteiger partial charge in [0.25, 0.3) is 0 Å². The summed E-state index contributed by atoms with van der Waals surface area (Å²) in [6, 6.07) is 5.38. The van der Waals surface area contributed by atoms with E-state index in [4.69, 9.17) is 23.2 Å². The van der Waals surface area contributed by atoms with Crippen molar-refractivity contribution >= 4 is 40.4 Å². The zero-order chi connectivity index (χ0) is 14.0. The van der Waals surface area contributed by atoms with E-state index in [1.807, 2.05) is 11.4 Å². The first-order valence-electron chi connectivity index (χ1n) is 5.57. The summed E-state index contributed by atoms with van der Waals surface area (Å²) in [5.74, 6) is 0.0371. The predicted molar refractivity (Wildman–Crippen MR) is 80.0 cm³/mol. The highest BCUT2D eigenvalue weighted by atomic mass is 35.5. The Bertz CT molecular complexity index is 610. The van der Waals surface area contributed by atoms with Gasteiger partial charge in [-0.05, 0) is 12.1 Å². The summed E-state index contributed by atoms with van der Waals surface area (Å²) in [5.41, 5.74) is 1.71. The lowest BCUT2D eigenvalue weighted by atomic mass is 10.2. The molecule has 0 aliphatic rings. The third-order valence-electron chi connectivity index (χ3n) is 2.57. The zero-order valence-electron chi connectivity index (χ0n) is 10.5. The molecule has 0 N–H and O–H groups in total. The summed E-state index contributed by atoms with van der Waals surface area (Å²) in [5, 5.41) is 3.72. The summed E-state index contributed by atoms with van der Waals surface area (Å²) in [7, 11) is 3.46. The average molecular weight is 315 g/mol. The molecule has 100 valence electrons. The van der Waals surface area contributed by atoms with Gasteiger partial charge in [-0.3, -0.25) is 4.79 Å². The lowest BCUT2D eigenvalue weighted by Gasteiger charge is -2.07. The number of benzene rings is 1. The van der Waals surface area contributed by atoms with E-state index < -0.39 is 0 Å². The van der Waals surface area contributed by atoms with E-state index in [2.05, 4.69) is 4.98 Å². The Morgan fingerprint density at radius 3 is 2.68 bits per heavy atom. The van der Waals surface area contributed by atoms with Crippen molar-refractivity contribution < 1.29 is 4.79 Å². The number of halogens is 2. The van der Waals surface area contributed by atoms with Gasteiger partial charge in [0.1, 0.15) is 5.01 Å². The standard InChI is InChI=1S/C13H12Cl2N2OS/c1-17(2)13(18)6-12-16-11(7-19-12)8-3-4-9(14)10(15)5-8/h3-5,7H,6H2,1-2H3. The van der Waals surface area contributed by atoms with Crippen molar-refractivity contribution in [3.63, 3.8) is 0 Å². The molecule has 0 fully saturated rings. The smallest absolute Gasteiger partial charge is 0.228 e. The lowest BCUT2D eigenvalue weighted by Crippen LogP contribution is -2.23.